The Balaban J connectivity index is 0.000000419. The van der Waals surface area contributed by atoms with Crippen molar-refractivity contribution in [3.05, 3.63) is 35.3 Å². The first kappa shape index (κ1) is 21.9. The minimum absolute atomic E-state index is 0.339. The third-order valence-electron chi connectivity index (χ3n) is 4.53. The number of nitrogen functional groups attached to an aromatic ring is 1. The summed E-state index contributed by atoms with van der Waals surface area (Å²) in [5.74, 6) is -0.391. The molecule has 11 heteroatoms. The fourth-order valence-corrected chi connectivity index (χ4v) is 5.11. The lowest BCUT2D eigenvalue weighted by molar-refractivity contribution is -0.144. The van der Waals surface area contributed by atoms with Gasteiger partial charge in [0.05, 0.1) is 29.8 Å². The van der Waals surface area contributed by atoms with E-state index < -0.39 is 11.8 Å². The van der Waals surface area contributed by atoms with Gasteiger partial charge in [-0.1, -0.05) is 19.1 Å². The van der Waals surface area contributed by atoms with Gasteiger partial charge in [0.1, 0.15) is 11.3 Å². The quantitative estimate of drug-likeness (QED) is 0.291. The predicted octanol–water partition coefficient (Wildman–Crippen LogP) is 3.75. The standard InChI is InChI=1S/C14H18IN6O2P.C4H4S/c1-8-3-2-4-20(7-8)14(23)13(22)19-10-6-17-12(16)9-5-18-21(24-15)11(9)10;1-2-4-5-3-1/h5-6,8,24H,2-4,7H2,1H3,(H2,16,17)(H,19,22);1-4H. The van der Waals surface area contributed by atoms with Crippen molar-refractivity contribution in [3.63, 3.8) is 0 Å². The molecule has 1 aliphatic heterocycles. The van der Waals surface area contributed by atoms with Gasteiger partial charge in [0, 0.05) is 13.1 Å². The van der Waals surface area contributed by atoms with E-state index in [0.717, 1.165) is 12.8 Å². The molecule has 3 aromatic rings. The van der Waals surface area contributed by atoms with Gasteiger partial charge in [-0.15, -0.1) is 0 Å². The monoisotopic (exact) mass is 544 g/mol. The van der Waals surface area contributed by atoms with Crippen LogP contribution in [0.4, 0.5) is 11.5 Å². The molecule has 154 valence electrons. The molecule has 29 heavy (non-hydrogen) atoms. The largest absolute Gasteiger partial charge is 0.383 e. The van der Waals surface area contributed by atoms with E-state index in [9.17, 15) is 9.59 Å². The maximum atomic E-state index is 12.4. The number of fused-ring (bicyclic) bond motifs is 1. The lowest BCUT2D eigenvalue weighted by Crippen LogP contribution is -2.44. The Kier molecular flexibility index (Phi) is 7.79. The minimum atomic E-state index is -0.651. The van der Waals surface area contributed by atoms with Crippen molar-refractivity contribution in [2.24, 2.45) is 5.92 Å². The molecule has 1 fully saturated rings. The lowest BCUT2D eigenvalue weighted by atomic mass is 10.0. The third kappa shape index (κ3) is 5.43. The number of nitrogens with zero attached hydrogens (tertiary/aromatic N) is 4. The molecule has 2 unspecified atom stereocenters. The van der Waals surface area contributed by atoms with Gasteiger partial charge in [0.2, 0.25) is 0 Å². The number of likely N-dealkylation sites (tertiary alicyclic amines) is 1. The van der Waals surface area contributed by atoms with E-state index in [4.69, 9.17) is 5.73 Å². The Hall–Kier alpha value is -1.78. The predicted molar refractivity (Wildman–Crippen MR) is 128 cm³/mol. The van der Waals surface area contributed by atoms with Gasteiger partial charge in [-0.2, -0.15) is 16.4 Å². The van der Waals surface area contributed by atoms with E-state index in [1.165, 1.54) is 6.20 Å². The Morgan fingerprint density at radius 2 is 2.10 bits per heavy atom. The zero-order chi connectivity index (χ0) is 20.8. The minimum Gasteiger partial charge on any atom is -0.383 e. The highest BCUT2D eigenvalue weighted by Crippen LogP contribution is 2.34. The summed E-state index contributed by atoms with van der Waals surface area (Å²) in [6.07, 6.45) is 5.44. The first-order valence-corrected chi connectivity index (χ1v) is 14.1. The molecule has 0 aliphatic carbocycles. The number of thiophene rings is 1. The smallest absolute Gasteiger partial charge is 0.314 e. The van der Waals surface area contributed by atoms with Crippen molar-refractivity contribution in [1.82, 2.24) is 19.4 Å². The topological polar surface area (TPSA) is 106 Å². The number of piperidine rings is 1. The molecule has 1 saturated heterocycles. The molecule has 8 nitrogen and oxygen atoms in total. The molecule has 1 aliphatic rings. The molecular weight excluding hydrogens is 522 g/mol. The van der Waals surface area contributed by atoms with E-state index >= 15 is 0 Å². The number of hydrogen-bond donors (Lipinski definition) is 2. The van der Waals surface area contributed by atoms with Crippen LogP contribution in [0, 0.1) is 5.92 Å². The summed E-state index contributed by atoms with van der Waals surface area (Å²) < 4.78 is 1.73. The molecule has 4 rings (SSSR count). The number of anilines is 2. The first-order chi connectivity index (χ1) is 14.0. The summed E-state index contributed by atoms with van der Waals surface area (Å²) >= 11 is 3.90. The zero-order valence-corrected chi connectivity index (χ0v) is 19.8. The van der Waals surface area contributed by atoms with Crippen LogP contribution in [0.2, 0.25) is 0 Å². The summed E-state index contributed by atoms with van der Waals surface area (Å²) in [7, 11) is 0. The Labute approximate surface area is 187 Å². The van der Waals surface area contributed by atoms with E-state index in [-0.39, 0.29) is 0 Å². The Morgan fingerprint density at radius 3 is 2.72 bits per heavy atom. The van der Waals surface area contributed by atoms with Crippen LogP contribution in [0.25, 0.3) is 10.9 Å². The van der Waals surface area contributed by atoms with Crippen molar-refractivity contribution in [2.75, 3.05) is 24.1 Å². The highest BCUT2D eigenvalue weighted by atomic mass is 127. The fraction of sp³-hybridized carbons (Fsp3) is 0.333. The van der Waals surface area contributed by atoms with E-state index in [1.807, 2.05) is 22.9 Å². The molecule has 0 bridgehead atoms. The Bertz CT molecular complexity index is 963. The van der Waals surface area contributed by atoms with Crippen molar-refractivity contribution >= 4 is 74.0 Å². The lowest BCUT2D eigenvalue weighted by Gasteiger charge is -2.30. The molecule has 0 aromatic carbocycles. The number of amides is 2. The Morgan fingerprint density at radius 1 is 1.34 bits per heavy atom. The zero-order valence-electron chi connectivity index (χ0n) is 15.8. The molecule has 0 radical (unpaired) electrons. The number of carbonyl (C=O) groups is 2. The van der Waals surface area contributed by atoms with Gasteiger partial charge >= 0.3 is 11.8 Å². The second kappa shape index (κ2) is 10.3. The second-order valence-corrected chi connectivity index (χ2v) is 9.56. The van der Waals surface area contributed by atoms with Crippen LogP contribution in [0.5, 0.6) is 0 Å². The van der Waals surface area contributed by atoms with E-state index in [0.29, 0.717) is 47.8 Å². The van der Waals surface area contributed by atoms with Gasteiger partial charge in [0.25, 0.3) is 0 Å². The van der Waals surface area contributed by atoms with Crippen molar-refractivity contribution in [1.29, 1.82) is 0 Å². The second-order valence-electron chi connectivity index (χ2n) is 6.71. The van der Waals surface area contributed by atoms with Crippen LogP contribution < -0.4 is 11.1 Å². The van der Waals surface area contributed by atoms with Crippen LogP contribution in [0.15, 0.2) is 35.3 Å². The number of hydrogen-bond acceptors (Lipinski definition) is 6. The number of halogens is 1. The van der Waals surface area contributed by atoms with Gasteiger partial charge in [-0.3, -0.25) is 9.59 Å². The molecule has 2 atom stereocenters. The van der Waals surface area contributed by atoms with Crippen LogP contribution in [0.1, 0.15) is 19.8 Å². The number of aromatic nitrogens is 3. The van der Waals surface area contributed by atoms with Gasteiger partial charge in [0.15, 0.2) is 0 Å². The molecule has 3 N–H and O–H groups in total. The number of carbonyl (C=O) groups excluding carboxylic acids is 2. The van der Waals surface area contributed by atoms with Crippen LogP contribution in [0.3, 0.4) is 0 Å². The molecule has 2 amide bonds. The van der Waals surface area contributed by atoms with Crippen molar-refractivity contribution < 1.29 is 9.59 Å². The van der Waals surface area contributed by atoms with E-state index in [2.05, 4.69) is 44.4 Å². The molecule has 0 spiro atoms. The van der Waals surface area contributed by atoms with Gasteiger partial charge < -0.3 is 16.0 Å². The van der Waals surface area contributed by atoms with Crippen molar-refractivity contribution in [3.8, 4) is 0 Å². The number of pyridine rings is 1. The average molecular weight is 544 g/mol. The summed E-state index contributed by atoms with van der Waals surface area (Å²) in [6.45, 7) is 3.33. The summed E-state index contributed by atoms with van der Waals surface area (Å²) in [5, 5.41) is 11.7. The van der Waals surface area contributed by atoms with Crippen LogP contribution in [-0.4, -0.2) is 44.3 Å². The first-order valence-electron chi connectivity index (χ1n) is 9.07. The van der Waals surface area contributed by atoms with Crippen LogP contribution >= 0.6 is 39.8 Å². The average Bonchev–Trinajstić information content (AvgIpc) is 3.43. The summed E-state index contributed by atoms with van der Waals surface area (Å²) in [4.78, 5) is 30.5. The normalized spacial score (nSPS) is 16.6. The molecule has 4 heterocycles. The number of nitrogens with one attached hydrogen (secondary N) is 1. The van der Waals surface area contributed by atoms with E-state index in [1.54, 1.807) is 26.9 Å². The van der Waals surface area contributed by atoms with Crippen molar-refractivity contribution in [2.45, 2.75) is 19.8 Å². The highest BCUT2D eigenvalue weighted by molar-refractivity contribution is 14.2. The molecular formula is C18H22IN6O2PS. The summed E-state index contributed by atoms with van der Waals surface area (Å²) in [6, 6.07) is 4.04. The number of nitrogens with two attached hydrogens (primary N) is 1. The third-order valence-corrected chi connectivity index (χ3v) is 7.02. The van der Waals surface area contributed by atoms with Gasteiger partial charge in [-0.05, 0) is 51.6 Å². The van der Waals surface area contributed by atoms with Crippen LogP contribution in [-0.2, 0) is 9.59 Å². The summed E-state index contributed by atoms with van der Waals surface area (Å²) in [5.41, 5.74) is 7.00. The molecule has 0 saturated carbocycles. The highest BCUT2D eigenvalue weighted by Gasteiger charge is 2.27. The maximum Gasteiger partial charge on any atom is 0.314 e. The fourth-order valence-electron chi connectivity index (χ4n) is 3.14. The SMILES string of the molecule is CC1CCCN(C(=O)C(=O)Nc2cnc(N)c3cnn(PI)c23)C1.c1ccsc1. The molecule has 3 aromatic heterocycles. The maximum absolute atomic E-state index is 12.4. The van der Waals surface area contributed by atoms with Gasteiger partial charge in [-0.25, -0.2) is 9.44 Å². The number of rotatable bonds is 2.